The minimum Gasteiger partial charge on any atom is -0.477 e. The summed E-state index contributed by atoms with van der Waals surface area (Å²) in [4.78, 5) is 4.10. The van der Waals surface area contributed by atoms with E-state index in [1.165, 1.54) is 12.1 Å². The van der Waals surface area contributed by atoms with Crippen molar-refractivity contribution in [3.63, 3.8) is 0 Å². The number of benzene rings is 1. The maximum atomic E-state index is 12.8. The number of halogens is 3. The van der Waals surface area contributed by atoms with E-state index in [2.05, 4.69) is 25.4 Å². The maximum absolute atomic E-state index is 12.8. The number of H-pyrrole nitrogens is 1. The maximum Gasteiger partial charge on any atom is 0.416 e. The van der Waals surface area contributed by atoms with Gasteiger partial charge in [-0.3, -0.25) is 10.1 Å². The molecule has 0 amide bonds. The molecule has 0 saturated carbocycles. The molecule has 0 aliphatic rings. The normalized spacial score (nSPS) is 11.9. The van der Waals surface area contributed by atoms with Crippen molar-refractivity contribution >= 4 is 5.65 Å². The van der Waals surface area contributed by atoms with Gasteiger partial charge in [0.05, 0.1) is 42.0 Å². The Morgan fingerprint density at radius 1 is 1.07 bits per heavy atom. The summed E-state index contributed by atoms with van der Waals surface area (Å²) in [6.07, 6.45) is 1.08. The summed E-state index contributed by atoms with van der Waals surface area (Å²) >= 11 is 0. The Balaban J connectivity index is 1.80. The van der Waals surface area contributed by atoms with Crippen LogP contribution in [0.2, 0.25) is 0 Å². The molecule has 0 saturated heterocycles. The van der Waals surface area contributed by atoms with Crippen LogP contribution >= 0.6 is 0 Å². The van der Waals surface area contributed by atoms with Crippen LogP contribution in [-0.4, -0.2) is 36.4 Å². The predicted molar refractivity (Wildman–Crippen MR) is 94.6 cm³/mol. The number of hydrogen-bond acceptors (Lipinski definition) is 5. The molecular formula is C18H15F3N6O. The molecule has 4 rings (SSSR count). The summed E-state index contributed by atoms with van der Waals surface area (Å²) in [7, 11) is 0. The van der Waals surface area contributed by atoms with E-state index in [1.807, 2.05) is 6.92 Å². The zero-order valence-electron chi connectivity index (χ0n) is 14.7. The van der Waals surface area contributed by atoms with Crippen LogP contribution in [-0.2, 0) is 6.18 Å². The van der Waals surface area contributed by atoms with E-state index in [0.29, 0.717) is 40.8 Å². The van der Waals surface area contributed by atoms with Crippen molar-refractivity contribution in [3.8, 4) is 28.5 Å². The van der Waals surface area contributed by atoms with Gasteiger partial charge < -0.3 is 4.74 Å². The molecule has 7 nitrogen and oxygen atoms in total. The monoisotopic (exact) mass is 388 g/mol. The average Bonchev–Trinajstić information content (AvgIpc) is 3.32. The molecule has 0 fully saturated rings. The second-order valence-electron chi connectivity index (χ2n) is 6.04. The average molecular weight is 388 g/mol. The minimum absolute atomic E-state index is 0.451. The fourth-order valence-electron chi connectivity index (χ4n) is 2.81. The van der Waals surface area contributed by atoms with Gasteiger partial charge in [0, 0.05) is 5.56 Å². The van der Waals surface area contributed by atoms with Gasteiger partial charge in [-0.05, 0) is 18.6 Å². The fourth-order valence-corrected chi connectivity index (χ4v) is 2.81. The number of fused-ring (bicyclic) bond motifs is 1. The largest absolute Gasteiger partial charge is 0.477 e. The van der Waals surface area contributed by atoms with Crippen LogP contribution in [0.5, 0.6) is 5.88 Å². The molecule has 28 heavy (non-hydrogen) atoms. The highest BCUT2D eigenvalue weighted by Crippen LogP contribution is 2.34. The van der Waals surface area contributed by atoms with Crippen molar-refractivity contribution < 1.29 is 17.9 Å². The Morgan fingerprint density at radius 3 is 2.57 bits per heavy atom. The van der Waals surface area contributed by atoms with E-state index in [0.717, 1.165) is 18.6 Å². The first-order valence-electron chi connectivity index (χ1n) is 8.52. The molecule has 3 heterocycles. The minimum atomic E-state index is -4.39. The number of alkyl halides is 3. The Bertz CT molecular complexity index is 1100. The van der Waals surface area contributed by atoms with Crippen molar-refractivity contribution in [2.45, 2.75) is 19.5 Å². The lowest BCUT2D eigenvalue weighted by Gasteiger charge is -2.09. The highest BCUT2D eigenvalue weighted by atomic mass is 19.4. The van der Waals surface area contributed by atoms with Crippen molar-refractivity contribution in [2.24, 2.45) is 0 Å². The van der Waals surface area contributed by atoms with Crippen LogP contribution in [0, 0.1) is 0 Å². The summed E-state index contributed by atoms with van der Waals surface area (Å²) in [6.45, 7) is 2.48. The van der Waals surface area contributed by atoms with Gasteiger partial charge in [-0.1, -0.05) is 19.1 Å². The van der Waals surface area contributed by atoms with Crippen LogP contribution in [0.25, 0.3) is 28.3 Å². The number of nitrogens with zero attached hydrogens (tertiary/aromatic N) is 5. The second kappa shape index (κ2) is 6.95. The Labute approximate surface area is 157 Å². The first kappa shape index (κ1) is 18.0. The number of aromatic nitrogens is 6. The standard InChI is InChI=1S/C18H15F3N6O/c1-2-7-28-15-10-22-9-14-24-26-17(27(14)15)13-8-23-25-16(13)11-3-5-12(6-4-11)18(19,20)21/h3-6,8-10H,2,7H2,1H3,(H,23,25). The number of hydrogen-bond donors (Lipinski definition) is 1. The first-order valence-corrected chi connectivity index (χ1v) is 8.52. The lowest BCUT2D eigenvalue weighted by Crippen LogP contribution is -2.04. The van der Waals surface area contributed by atoms with Gasteiger partial charge in [-0.25, -0.2) is 4.40 Å². The molecule has 10 heteroatoms. The Hall–Kier alpha value is -3.43. The highest BCUT2D eigenvalue weighted by Gasteiger charge is 2.30. The molecule has 144 valence electrons. The van der Waals surface area contributed by atoms with Crippen LogP contribution < -0.4 is 4.74 Å². The number of rotatable bonds is 5. The molecule has 1 aromatic carbocycles. The quantitative estimate of drug-likeness (QED) is 0.559. The van der Waals surface area contributed by atoms with E-state index in [1.54, 1.807) is 23.0 Å². The zero-order valence-corrected chi connectivity index (χ0v) is 14.7. The topological polar surface area (TPSA) is 81.0 Å². The molecule has 0 spiro atoms. The summed E-state index contributed by atoms with van der Waals surface area (Å²) in [6, 6.07) is 4.83. The van der Waals surface area contributed by atoms with Crippen molar-refractivity contribution in [1.82, 2.24) is 29.8 Å². The smallest absolute Gasteiger partial charge is 0.416 e. The Morgan fingerprint density at radius 2 is 1.86 bits per heavy atom. The molecule has 4 aromatic rings. The molecule has 0 radical (unpaired) electrons. The molecule has 0 aliphatic carbocycles. The van der Waals surface area contributed by atoms with Crippen molar-refractivity contribution in [1.29, 1.82) is 0 Å². The summed E-state index contributed by atoms with van der Waals surface area (Å²) in [5.41, 5.74) is 1.43. The van der Waals surface area contributed by atoms with Gasteiger partial charge in [0.25, 0.3) is 0 Å². The SMILES string of the molecule is CCCOc1cncc2nnc(-c3cn[nH]c3-c3ccc(C(F)(F)F)cc3)n12. The molecule has 0 aliphatic heterocycles. The third kappa shape index (κ3) is 3.17. The van der Waals surface area contributed by atoms with Crippen LogP contribution in [0.15, 0.2) is 42.9 Å². The van der Waals surface area contributed by atoms with Crippen molar-refractivity contribution in [2.75, 3.05) is 6.61 Å². The zero-order chi connectivity index (χ0) is 19.7. The van der Waals surface area contributed by atoms with E-state index in [-0.39, 0.29) is 0 Å². The molecular weight excluding hydrogens is 373 g/mol. The van der Waals surface area contributed by atoms with Gasteiger partial charge in [-0.15, -0.1) is 10.2 Å². The van der Waals surface area contributed by atoms with Crippen LogP contribution in [0.3, 0.4) is 0 Å². The van der Waals surface area contributed by atoms with E-state index in [9.17, 15) is 13.2 Å². The number of aromatic amines is 1. The van der Waals surface area contributed by atoms with E-state index in [4.69, 9.17) is 4.74 Å². The second-order valence-corrected chi connectivity index (χ2v) is 6.04. The molecule has 0 atom stereocenters. The third-order valence-electron chi connectivity index (χ3n) is 4.12. The Kier molecular flexibility index (Phi) is 4.46. The van der Waals surface area contributed by atoms with Crippen LogP contribution in [0.1, 0.15) is 18.9 Å². The predicted octanol–water partition coefficient (Wildman–Crippen LogP) is 3.99. The lowest BCUT2D eigenvalue weighted by molar-refractivity contribution is -0.137. The van der Waals surface area contributed by atoms with Crippen molar-refractivity contribution in [3.05, 3.63) is 48.4 Å². The van der Waals surface area contributed by atoms with Gasteiger partial charge in [0.15, 0.2) is 11.5 Å². The van der Waals surface area contributed by atoms with E-state index >= 15 is 0 Å². The fraction of sp³-hybridized carbons (Fsp3) is 0.222. The third-order valence-corrected chi connectivity index (χ3v) is 4.12. The van der Waals surface area contributed by atoms with Gasteiger partial charge in [-0.2, -0.15) is 18.3 Å². The number of ether oxygens (including phenoxy) is 1. The van der Waals surface area contributed by atoms with Gasteiger partial charge in [0.1, 0.15) is 0 Å². The molecule has 1 N–H and O–H groups in total. The summed E-state index contributed by atoms with van der Waals surface area (Å²) in [5, 5.41) is 15.2. The van der Waals surface area contributed by atoms with Gasteiger partial charge in [0.2, 0.25) is 5.88 Å². The van der Waals surface area contributed by atoms with Crippen LogP contribution in [0.4, 0.5) is 13.2 Å². The van der Waals surface area contributed by atoms with Gasteiger partial charge >= 0.3 is 6.18 Å². The van der Waals surface area contributed by atoms with E-state index < -0.39 is 11.7 Å². The molecule has 3 aromatic heterocycles. The molecule has 0 unspecified atom stereocenters. The molecule has 0 bridgehead atoms. The number of nitrogens with one attached hydrogen (secondary N) is 1. The first-order chi connectivity index (χ1) is 13.5. The highest BCUT2D eigenvalue weighted by molar-refractivity contribution is 5.78. The lowest BCUT2D eigenvalue weighted by atomic mass is 10.1. The summed E-state index contributed by atoms with van der Waals surface area (Å²) in [5.74, 6) is 0.922. The summed E-state index contributed by atoms with van der Waals surface area (Å²) < 4.78 is 45.9.